The van der Waals surface area contributed by atoms with Gasteiger partial charge in [0.1, 0.15) is 11.9 Å². The van der Waals surface area contributed by atoms with Crippen molar-refractivity contribution in [2.45, 2.75) is 33.6 Å². The lowest BCUT2D eigenvalue weighted by molar-refractivity contribution is 0.769. The lowest BCUT2D eigenvalue weighted by atomic mass is 10.00. The third-order valence-corrected chi connectivity index (χ3v) is 3.68. The van der Waals surface area contributed by atoms with E-state index in [1.807, 2.05) is 18.5 Å². The van der Waals surface area contributed by atoms with E-state index in [1.54, 1.807) is 0 Å². The summed E-state index contributed by atoms with van der Waals surface area (Å²) < 4.78 is 2.02. The summed E-state index contributed by atoms with van der Waals surface area (Å²) in [6.45, 7) is 6.18. The topological polar surface area (TPSA) is 41.6 Å². The second-order valence-corrected chi connectivity index (χ2v) is 5.06. The molecule has 0 unspecified atom stereocenters. The first-order valence-electron chi connectivity index (χ1n) is 6.51. The van der Waals surface area contributed by atoms with Crippen LogP contribution in [0.3, 0.4) is 0 Å². The summed E-state index contributed by atoms with van der Waals surface area (Å²) in [5.74, 6) is 0.896. The van der Waals surface area contributed by atoms with Crippen LogP contribution < -0.4 is 0 Å². The lowest BCUT2D eigenvalue weighted by Gasteiger charge is -2.08. The minimum absolute atomic E-state index is 0.560. The number of imidazole rings is 1. The molecule has 2 aromatic rings. The van der Waals surface area contributed by atoms with Gasteiger partial charge in [0.05, 0.1) is 5.69 Å². The first-order valence-corrected chi connectivity index (χ1v) is 6.51. The van der Waals surface area contributed by atoms with Crippen LogP contribution >= 0.6 is 0 Å². The van der Waals surface area contributed by atoms with Crippen LogP contribution in [0.1, 0.15) is 33.9 Å². The minimum Gasteiger partial charge on any atom is -0.334 e. The molecule has 0 aliphatic carbocycles. The molecule has 0 atom stereocenters. The van der Waals surface area contributed by atoms with Gasteiger partial charge >= 0.3 is 0 Å². The molecule has 3 nitrogen and oxygen atoms in total. The lowest BCUT2D eigenvalue weighted by Crippen LogP contribution is -2.03. The van der Waals surface area contributed by atoms with Gasteiger partial charge in [-0.3, -0.25) is 0 Å². The van der Waals surface area contributed by atoms with Crippen molar-refractivity contribution in [3.05, 3.63) is 52.1 Å². The van der Waals surface area contributed by atoms with Crippen LogP contribution in [0.15, 0.2) is 18.2 Å². The van der Waals surface area contributed by atoms with Crippen molar-refractivity contribution >= 4 is 0 Å². The van der Waals surface area contributed by atoms with E-state index in [0.29, 0.717) is 5.69 Å². The SMILES string of the molecule is Cc1ccc(C)c(CCc2c(C#N)nc(C)n2C)c1. The van der Waals surface area contributed by atoms with E-state index in [1.165, 1.54) is 16.7 Å². The summed E-state index contributed by atoms with van der Waals surface area (Å²) in [5.41, 5.74) is 5.53. The van der Waals surface area contributed by atoms with E-state index in [4.69, 9.17) is 5.26 Å². The summed E-state index contributed by atoms with van der Waals surface area (Å²) in [7, 11) is 1.97. The van der Waals surface area contributed by atoms with Crippen LogP contribution in [-0.4, -0.2) is 9.55 Å². The van der Waals surface area contributed by atoms with E-state index in [2.05, 4.69) is 43.1 Å². The molecule has 1 heterocycles. The van der Waals surface area contributed by atoms with Crippen LogP contribution in [0.2, 0.25) is 0 Å². The van der Waals surface area contributed by atoms with Crippen molar-refractivity contribution < 1.29 is 0 Å². The van der Waals surface area contributed by atoms with Crippen molar-refractivity contribution in [2.75, 3.05) is 0 Å². The maximum Gasteiger partial charge on any atom is 0.161 e. The molecule has 0 N–H and O–H groups in total. The maximum absolute atomic E-state index is 9.13. The minimum atomic E-state index is 0.560. The molecule has 0 spiro atoms. The van der Waals surface area contributed by atoms with Gasteiger partial charge in [-0.25, -0.2) is 4.98 Å². The first kappa shape index (κ1) is 13.4. The van der Waals surface area contributed by atoms with E-state index in [0.717, 1.165) is 24.4 Å². The first-order chi connectivity index (χ1) is 9.02. The summed E-state index contributed by atoms with van der Waals surface area (Å²) in [4.78, 5) is 4.28. The number of rotatable bonds is 3. The van der Waals surface area contributed by atoms with E-state index >= 15 is 0 Å². The molecular weight excluding hydrogens is 234 g/mol. The van der Waals surface area contributed by atoms with Gasteiger partial charge in [0.15, 0.2) is 5.69 Å². The van der Waals surface area contributed by atoms with Crippen LogP contribution in [0.5, 0.6) is 0 Å². The fourth-order valence-corrected chi connectivity index (χ4v) is 2.35. The third-order valence-electron chi connectivity index (χ3n) is 3.68. The largest absolute Gasteiger partial charge is 0.334 e. The second-order valence-electron chi connectivity index (χ2n) is 5.06. The van der Waals surface area contributed by atoms with Gasteiger partial charge < -0.3 is 4.57 Å². The van der Waals surface area contributed by atoms with Gasteiger partial charge in [0.2, 0.25) is 0 Å². The molecular formula is C16H19N3. The molecule has 3 heteroatoms. The van der Waals surface area contributed by atoms with Gasteiger partial charge in [0, 0.05) is 7.05 Å². The number of aryl methyl sites for hydroxylation is 4. The Bertz CT molecular complexity index is 645. The van der Waals surface area contributed by atoms with Crippen LogP contribution in [0.25, 0.3) is 0 Å². The number of nitriles is 1. The molecule has 0 bridgehead atoms. The fourth-order valence-electron chi connectivity index (χ4n) is 2.35. The molecule has 0 radical (unpaired) electrons. The molecule has 0 fully saturated rings. The van der Waals surface area contributed by atoms with Crippen molar-refractivity contribution in [2.24, 2.45) is 7.05 Å². The summed E-state index contributed by atoms with van der Waals surface area (Å²) in [5, 5.41) is 9.13. The van der Waals surface area contributed by atoms with E-state index in [-0.39, 0.29) is 0 Å². The highest BCUT2D eigenvalue weighted by molar-refractivity contribution is 5.33. The van der Waals surface area contributed by atoms with Crippen molar-refractivity contribution in [3.63, 3.8) is 0 Å². The zero-order chi connectivity index (χ0) is 14.0. The molecule has 0 aliphatic heterocycles. The molecule has 1 aromatic carbocycles. The number of benzene rings is 1. The Morgan fingerprint density at radius 2 is 1.95 bits per heavy atom. The maximum atomic E-state index is 9.13. The number of aromatic nitrogens is 2. The average Bonchev–Trinajstić information content (AvgIpc) is 2.66. The zero-order valence-corrected chi connectivity index (χ0v) is 12.0. The summed E-state index contributed by atoms with van der Waals surface area (Å²) in [6.07, 6.45) is 1.80. The predicted molar refractivity (Wildman–Crippen MR) is 76.0 cm³/mol. The molecule has 0 saturated carbocycles. The van der Waals surface area contributed by atoms with Gasteiger partial charge in [-0.1, -0.05) is 23.8 Å². The Morgan fingerprint density at radius 1 is 1.21 bits per heavy atom. The van der Waals surface area contributed by atoms with Crippen molar-refractivity contribution in [3.8, 4) is 6.07 Å². The third kappa shape index (κ3) is 2.68. The van der Waals surface area contributed by atoms with Crippen LogP contribution in [0.4, 0.5) is 0 Å². The highest BCUT2D eigenvalue weighted by Crippen LogP contribution is 2.16. The molecule has 98 valence electrons. The van der Waals surface area contributed by atoms with Gasteiger partial charge in [0.25, 0.3) is 0 Å². The highest BCUT2D eigenvalue weighted by Gasteiger charge is 2.12. The van der Waals surface area contributed by atoms with Crippen LogP contribution in [-0.2, 0) is 19.9 Å². The normalized spacial score (nSPS) is 10.5. The Balaban J connectivity index is 2.24. The molecule has 0 saturated heterocycles. The van der Waals surface area contributed by atoms with Gasteiger partial charge in [-0.05, 0) is 44.7 Å². The highest BCUT2D eigenvalue weighted by atomic mass is 15.1. The van der Waals surface area contributed by atoms with E-state index in [9.17, 15) is 0 Å². The van der Waals surface area contributed by atoms with Gasteiger partial charge in [-0.15, -0.1) is 0 Å². The standard InChI is InChI=1S/C16H19N3/c1-11-5-6-12(2)14(9-11)7-8-16-15(10-17)18-13(3)19(16)4/h5-6,9H,7-8H2,1-4H3. The average molecular weight is 253 g/mol. The Kier molecular flexibility index (Phi) is 3.71. The molecule has 0 aliphatic rings. The molecule has 1 aromatic heterocycles. The molecule has 2 rings (SSSR count). The summed E-state index contributed by atoms with van der Waals surface area (Å²) in [6, 6.07) is 8.70. The Labute approximate surface area is 114 Å². The monoisotopic (exact) mass is 253 g/mol. The van der Waals surface area contributed by atoms with Crippen molar-refractivity contribution in [1.82, 2.24) is 9.55 Å². The number of hydrogen-bond acceptors (Lipinski definition) is 2. The Morgan fingerprint density at radius 3 is 2.63 bits per heavy atom. The number of nitrogens with zero attached hydrogens (tertiary/aromatic N) is 3. The zero-order valence-electron chi connectivity index (χ0n) is 12.0. The quantitative estimate of drug-likeness (QED) is 0.843. The Hall–Kier alpha value is -2.08. The smallest absolute Gasteiger partial charge is 0.161 e. The summed E-state index contributed by atoms with van der Waals surface area (Å²) >= 11 is 0. The number of hydrogen-bond donors (Lipinski definition) is 0. The predicted octanol–water partition coefficient (Wildman–Crippen LogP) is 3.00. The molecule has 19 heavy (non-hydrogen) atoms. The second kappa shape index (κ2) is 5.27. The fraction of sp³-hybridized carbons (Fsp3) is 0.375. The molecule has 0 amide bonds. The van der Waals surface area contributed by atoms with Crippen LogP contribution in [0, 0.1) is 32.1 Å². The van der Waals surface area contributed by atoms with Gasteiger partial charge in [-0.2, -0.15) is 5.26 Å². The van der Waals surface area contributed by atoms with E-state index < -0.39 is 0 Å². The van der Waals surface area contributed by atoms with Crippen molar-refractivity contribution in [1.29, 1.82) is 5.26 Å².